The lowest BCUT2D eigenvalue weighted by atomic mass is 9.99. The van der Waals surface area contributed by atoms with Crippen molar-refractivity contribution in [1.82, 2.24) is 4.90 Å². The van der Waals surface area contributed by atoms with Crippen LogP contribution in [0.25, 0.3) is 0 Å². The molecule has 0 saturated carbocycles. The van der Waals surface area contributed by atoms with E-state index >= 15 is 0 Å². The number of carbonyl (C=O) groups excluding carboxylic acids is 1. The Labute approximate surface area is 121 Å². The first kappa shape index (κ1) is 17.5. The quantitative estimate of drug-likeness (QED) is 0.747. The Balaban J connectivity index is 2.44. The van der Waals surface area contributed by atoms with Gasteiger partial charge in [-0.2, -0.15) is 0 Å². The Morgan fingerprint density at radius 3 is 2.10 bits per heavy atom. The minimum Gasteiger partial charge on any atom is -0.444 e. The van der Waals surface area contributed by atoms with Gasteiger partial charge in [-0.15, -0.1) is 0 Å². The molecule has 6 nitrogen and oxygen atoms in total. The number of hydrogen-bond acceptors (Lipinski definition) is 5. The highest BCUT2D eigenvalue weighted by atomic mass is 31.2. The first-order chi connectivity index (χ1) is 9.19. The molecule has 118 valence electrons. The van der Waals surface area contributed by atoms with E-state index in [9.17, 15) is 9.36 Å². The lowest BCUT2D eigenvalue weighted by molar-refractivity contribution is 0.0189. The first-order valence-corrected chi connectivity index (χ1v) is 8.60. The molecule has 1 aliphatic rings. The van der Waals surface area contributed by atoms with Crippen molar-refractivity contribution < 1.29 is 23.1 Å². The summed E-state index contributed by atoms with van der Waals surface area (Å²) < 4.78 is 27.3. The normalized spacial score (nSPS) is 18.1. The van der Waals surface area contributed by atoms with Gasteiger partial charge in [0.1, 0.15) is 5.60 Å². The molecule has 1 aliphatic heterocycles. The highest BCUT2D eigenvalue weighted by Crippen LogP contribution is 2.49. The molecule has 1 heterocycles. The maximum absolute atomic E-state index is 12.1. The van der Waals surface area contributed by atoms with E-state index in [1.807, 2.05) is 20.8 Å². The van der Waals surface area contributed by atoms with Crippen molar-refractivity contribution in [2.45, 2.75) is 39.2 Å². The first-order valence-electron chi connectivity index (χ1n) is 6.87. The summed E-state index contributed by atoms with van der Waals surface area (Å²) in [6.07, 6.45) is 1.70. The number of hydrogen-bond donors (Lipinski definition) is 0. The van der Waals surface area contributed by atoms with E-state index in [-0.39, 0.29) is 12.0 Å². The average molecular weight is 307 g/mol. The molecule has 20 heavy (non-hydrogen) atoms. The molecule has 0 aromatic rings. The molecule has 0 atom stereocenters. The molecule has 0 aromatic carbocycles. The van der Waals surface area contributed by atoms with E-state index in [4.69, 9.17) is 13.8 Å². The van der Waals surface area contributed by atoms with Crippen molar-refractivity contribution in [2.75, 3.05) is 33.5 Å². The smallest absolute Gasteiger partial charge is 0.410 e. The minimum absolute atomic E-state index is 0.249. The number of amides is 1. The maximum Gasteiger partial charge on any atom is 0.410 e. The Morgan fingerprint density at radius 2 is 1.70 bits per heavy atom. The molecule has 0 aliphatic carbocycles. The molecule has 0 N–H and O–H groups in total. The summed E-state index contributed by atoms with van der Waals surface area (Å²) in [5, 5.41) is 0. The third kappa shape index (κ3) is 5.43. The maximum atomic E-state index is 12.1. The van der Waals surface area contributed by atoms with Crippen molar-refractivity contribution in [3.8, 4) is 0 Å². The van der Waals surface area contributed by atoms with Gasteiger partial charge in [-0.3, -0.25) is 4.57 Å². The molecule has 1 fully saturated rings. The second-order valence-electron chi connectivity index (χ2n) is 6.07. The fourth-order valence-corrected chi connectivity index (χ4v) is 3.61. The third-order valence-corrected chi connectivity index (χ3v) is 5.38. The Hall–Kier alpha value is -0.580. The predicted octanol–water partition coefficient (Wildman–Crippen LogP) is 3.12. The van der Waals surface area contributed by atoms with Crippen molar-refractivity contribution in [2.24, 2.45) is 5.92 Å². The highest BCUT2D eigenvalue weighted by molar-refractivity contribution is 7.53. The van der Waals surface area contributed by atoms with E-state index < -0.39 is 13.2 Å². The van der Waals surface area contributed by atoms with Crippen LogP contribution in [0.4, 0.5) is 4.79 Å². The second-order valence-corrected chi connectivity index (χ2v) is 8.39. The summed E-state index contributed by atoms with van der Waals surface area (Å²) in [6, 6.07) is 0. The van der Waals surface area contributed by atoms with Crippen LogP contribution in [0.1, 0.15) is 33.6 Å². The van der Waals surface area contributed by atoms with Gasteiger partial charge in [0.15, 0.2) is 0 Å². The molecular weight excluding hydrogens is 281 g/mol. The van der Waals surface area contributed by atoms with Gasteiger partial charge in [-0.05, 0) is 39.5 Å². The standard InChI is InChI=1S/C13H26NO5P/c1-13(2,3)19-12(15)14-8-6-11(7-9-14)10-20(16,17-4)18-5/h11H,6-10H2,1-5H3. The van der Waals surface area contributed by atoms with Crippen molar-refractivity contribution in [1.29, 1.82) is 0 Å². The fraction of sp³-hybridized carbons (Fsp3) is 0.923. The van der Waals surface area contributed by atoms with E-state index in [2.05, 4.69) is 0 Å². The number of carbonyl (C=O) groups is 1. The van der Waals surface area contributed by atoms with Crippen LogP contribution in [0.5, 0.6) is 0 Å². The number of rotatable bonds is 4. The van der Waals surface area contributed by atoms with Gasteiger partial charge in [0.25, 0.3) is 0 Å². The van der Waals surface area contributed by atoms with Gasteiger partial charge < -0.3 is 18.7 Å². The SMILES string of the molecule is COP(=O)(CC1CCN(C(=O)OC(C)(C)C)CC1)OC. The summed E-state index contributed by atoms with van der Waals surface area (Å²) in [7, 11) is -0.156. The zero-order valence-electron chi connectivity index (χ0n) is 13.0. The van der Waals surface area contributed by atoms with Crippen LogP contribution < -0.4 is 0 Å². The van der Waals surface area contributed by atoms with Crippen molar-refractivity contribution in [3.63, 3.8) is 0 Å². The lowest BCUT2D eigenvalue weighted by Gasteiger charge is -2.34. The largest absolute Gasteiger partial charge is 0.444 e. The van der Waals surface area contributed by atoms with E-state index in [0.29, 0.717) is 19.3 Å². The Kier molecular flexibility index (Phi) is 6.05. The monoisotopic (exact) mass is 307 g/mol. The van der Waals surface area contributed by atoms with Gasteiger partial charge >= 0.3 is 13.7 Å². The molecule has 1 saturated heterocycles. The van der Waals surface area contributed by atoms with Gasteiger partial charge in [-0.1, -0.05) is 0 Å². The average Bonchev–Trinajstić information content (AvgIpc) is 2.37. The topological polar surface area (TPSA) is 65.1 Å². The van der Waals surface area contributed by atoms with Crippen molar-refractivity contribution in [3.05, 3.63) is 0 Å². The molecule has 0 spiro atoms. The molecule has 0 radical (unpaired) electrons. The summed E-state index contributed by atoms with van der Waals surface area (Å²) in [4.78, 5) is 13.6. The molecule has 1 amide bonds. The van der Waals surface area contributed by atoms with Gasteiger partial charge in [0.2, 0.25) is 0 Å². The zero-order valence-corrected chi connectivity index (χ0v) is 13.9. The van der Waals surface area contributed by atoms with Crippen LogP contribution in [0.15, 0.2) is 0 Å². The summed E-state index contributed by atoms with van der Waals surface area (Å²) in [6.45, 7) is 6.79. The number of piperidine rings is 1. The van der Waals surface area contributed by atoms with Crippen LogP contribution in [0.3, 0.4) is 0 Å². The van der Waals surface area contributed by atoms with Crippen LogP contribution in [0, 0.1) is 5.92 Å². The van der Waals surface area contributed by atoms with Gasteiger partial charge in [0, 0.05) is 27.3 Å². The Bertz CT molecular complexity index is 363. The van der Waals surface area contributed by atoms with E-state index in [1.54, 1.807) is 4.90 Å². The fourth-order valence-electron chi connectivity index (χ4n) is 2.16. The molecule has 1 rings (SSSR count). The zero-order chi connectivity index (χ0) is 15.4. The minimum atomic E-state index is -2.96. The summed E-state index contributed by atoms with van der Waals surface area (Å²) in [5.74, 6) is 0.249. The molecule has 0 bridgehead atoms. The van der Waals surface area contributed by atoms with Crippen molar-refractivity contribution >= 4 is 13.7 Å². The van der Waals surface area contributed by atoms with E-state index in [0.717, 1.165) is 12.8 Å². The molecule has 7 heteroatoms. The Morgan fingerprint density at radius 1 is 1.20 bits per heavy atom. The van der Waals surface area contributed by atoms with Crippen LogP contribution in [-0.4, -0.2) is 50.1 Å². The van der Waals surface area contributed by atoms with Crippen LogP contribution in [0.2, 0.25) is 0 Å². The third-order valence-electron chi connectivity index (χ3n) is 3.30. The number of nitrogens with zero attached hydrogens (tertiary/aromatic N) is 1. The van der Waals surface area contributed by atoms with Crippen LogP contribution >= 0.6 is 7.60 Å². The number of ether oxygens (including phenoxy) is 1. The van der Waals surface area contributed by atoms with Gasteiger partial charge in [0.05, 0.1) is 6.16 Å². The molecular formula is C13H26NO5P. The summed E-state index contributed by atoms with van der Waals surface area (Å²) in [5.41, 5.74) is -0.476. The number of likely N-dealkylation sites (tertiary alicyclic amines) is 1. The lowest BCUT2D eigenvalue weighted by Crippen LogP contribution is -2.42. The van der Waals surface area contributed by atoms with Crippen LogP contribution in [-0.2, 0) is 18.3 Å². The molecule has 0 aromatic heterocycles. The highest BCUT2D eigenvalue weighted by Gasteiger charge is 2.32. The summed E-state index contributed by atoms with van der Waals surface area (Å²) >= 11 is 0. The van der Waals surface area contributed by atoms with Gasteiger partial charge in [-0.25, -0.2) is 4.79 Å². The predicted molar refractivity (Wildman–Crippen MR) is 77.0 cm³/mol. The molecule has 0 unspecified atom stereocenters. The second kappa shape index (κ2) is 6.92. The van der Waals surface area contributed by atoms with E-state index in [1.165, 1.54) is 14.2 Å².